The molecule has 0 aliphatic carbocycles. The molecule has 0 bridgehead atoms. The molecule has 0 fully saturated rings. The van der Waals surface area contributed by atoms with Crippen molar-refractivity contribution in [3.8, 4) is 11.8 Å². The maximum atomic E-state index is 11.8. The van der Waals surface area contributed by atoms with Gasteiger partial charge in [0.25, 0.3) is 0 Å². The number of ketones is 1. The van der Waals surface area contributed by atoms with Crippen LogP contribution in [0.1, 0.15) is 30.1 Å². The Morgan fingerprint density at radius 2 is 2.12 bits per heavy atom. The fraction of sp³-hybridized carbons (Fsp3) is 0.357. The van der Waals surface area contributed by atoms with Gasteiger partial charge in [0.05, 0.1) is 0 Å². The summed E-state index contributed by atoms with van der Waals surface area (Å²) in [6.07, 6.45) is 1.14. The summed E-state index contributed by atoms with van der Waals surface area (Å²) in [5.41, 5.74) is 1.82. The first-order valence-electron chi connectivity index (χ1n) is 5.35. The predicted octanol–water partition coefficient (Wildman–Crippen LogP) is 2.74. The predicted molar refractivity (Wildman–Crippen MR) is 67.8 cm³/mol. The maximum absolute atomic E-state index is 11.8. The zero-order valence-electron chi connectivity index (χ0n) is 10.1. The summed E-state index contributed by atoms with van der Waals surface area (Å²) >= 11 is 0. The van der Waals surface area contributed by atoms with Crippen LogP contribution in [0.4, 0.5) is 5.69 Å². The van der Waals surface area contributed by atoms with E-state index in [0.29, 0.717) is 12.8 Å². The van der Waals surface area contributed by atoms with Crippen LogP contribution in [0.2, 0.25) is 0 Å². The molecule has 0 unspecified atom stereocenters. The number of hydrogen-bond donors (Lipinski definition) is 0. The fourth-order valence-corrected chi connectivity index (χ4v) is 1.40. The molecule has 16 heavy (non-hydrogen) atoms. The molecule has 84 valence electrons. The first-order valence-corrected chi connectivity index (χ1v) is 5.35. The molecule has 0 atom stereocenters. The van der Waals surface area contributed by atoms with Crippen molar-refractivity contribution in [2.45, 2.75) is 19.8 Å². The second kappa shape index (κ2) is 5.97. The number of carbonyl (C=O) groups excluding carboxylic acids is 1. The number of rotatable bonds is 4. The second-order valence-electron chi connectivity index (χ2n) is 3.79. The minimum Gasteiger partial charge on any atom is -0.378 e. The van der Waals surface area contributed by atoms with Crippen LogP contribution in [-0.4, -0.2) is 19.9 Å². The summed E-state index contributed by atoms with van der Waals surface area (Å²) in [6, 6.07) is 7.67. The van der Waals surface area contributed by atoms with Gasteiger partial charge in [-0.05, 0) is 19.1 Å². The number of Topliss-reactive ketones (excluding diaryl/α,β-unsaturated/α-hetero) is 1. The summed E-state index contributed by atoms with van der Waals surface area (Å²) in [5, 5.41) is 0. The molecule has 0 aliphatic heterocycles. The van der Waals surface area contributed by atoms with Crippen molar-refractivity contribution in [3.63, 3.8) is 0 Å². The van der Waals surface area contributed by atoms with Gasteiger partial charge in [0.1, 0.15) is 0 Å². The van der Waals surface area contributed by atoms with E-state index in [-0.39, 0.29) is 5.78 Å². The summed E-state index contributed by atoms with van der Waals surface area (Å²) < 4.78 is 0. The summed E-state index contributed by atoms with van der Waals surface area (Å²) in [4.78, 5) is 13.8. The Morgan fingerprint density at radius 1 is 1.38 bits per heavy atom. The van der Waals surface area contributed by atoms with Crippen molar-refractivity contribution in [1.82, 2.24) is 0 Å². The molecular weight excluding hydrogens is 198 g/mol. The molecule has 1 aromatic carbocycles. The molecule has 2 heteroatoms. The van der Waals surface area contributed by atoms with E-state index in [1.807, 2.05) is 43.3 Å². The molecule has 0 saturated carbocycles. The van der Waals surface area contributed by atoms with Gasteiger partial charge >= 0.3 is 0 Å². The zero-order valence-corrected chi connectivity index (χ0v) is 10.1. The van der Waals surface area contributed by atoms with Crippen LogP contribution in [0.15, 0.2) is 24.3 Å². The van der Waals surface area contributed by atoms with Gasteiger partial charge in [-0.2, -0.15) is 0 Å². The Kier molecular flexibility index (Phi) is 4.60. The van der Waals surface area contributed by atoms with E-state index in [1.54, 1.807) is 6.92 Å². The number of nitrogens with zero attached hydrogens (tertiary/aromatic N) is 1. The molecule has 0 spiro atoms. The number of anilines is 1. The van der Waals surface area contributed by atoms with Crippen LogP contribution >= 0.6 is 0 Å². The first-order chi connectivity index (χ1) is 7.65. The van der Waals surface area contributed by atoms with Crippen LogP contribution in [-0.2, 0) is 0 Å². The molecule has 0 N–H and O–H groups in total. The van der Waals surface area contributed by atoms with Gasteiger partial charge in [-0.3, -0.25) is 4.79 Å². The SMILES string of the molecule is CC#CCCC(=O)c1cccc(N(C)C)c1. The van der Waals surface area contributed by atoms with Crippen molar-refractivity contribution in [2.24, 2.45) is 0 Å². The van der Waals surface area contributed by atoms with Crippen LogP contribution in [0.25, 0.3) is 0 Å². The molecular formula is C14H17NO. The second-order valence-corrected chi connectivity index (χ2v) is 3.79. The molecule has 0 heterocycles. The molecule has 2 nitrogen and oxygen atoms in total. The highest BCUT2D eigenvalue weighted by molar-refractivity contribution is 5.97. The largest absolute Gasteiger partial charge is 0.378 e. The number of benzene rings is 1. The summed E-state index contributed by atoms with van der Waals surface area (Å²) in [5.74, 6) is 5.86. The van der Waals surface area contributed by atoms with Gasteiger partial charge in [-0.15, -0.1) is 11.8 Å². The van der Waals surface area contributed by atoms with E-state index in [1.165, 1.54) is 0 Å². The monoisotopic (exact) mass is 215 g/mol. The lowest BCUT2D eigenvalue weighted by atomic mass is 10.1. The zero-order chi connectivity index (χ0) is 12.0. The molecule has 1 aromatic rings. The van der Waals surface area contributed by atoms with Gasteiger partial charge in [-0.1, -0.05) is 12.1 Å². The molecule has 0 amide bonds. The lowest BCUT2D eigenvalue weighted by Crippen LogP contribution is -2.09. The van der Waals surface area contributed by atoms with Crippen molar-refractivity contribution in [1.29, 1.82) is 0 Å². The van der Waals surface area contributed by atoms with Crippen LogP contribution in [0.3, 0.4) is 0 Å². The summed E-state index contributed by atoms with van der Waals surface area (Å²) in [6.45, 7) is 1.79. The van der Waals surface area contributed by atoms with Crippen molar-refractivity contribution >= 4 is 11.5 Å². The lowest BCUT2D eigenvalue weighted by Gasteiger charge is -2.12. The third-order valence-corrected chi connectivity index (χ3v) is 2.34. The van der Waals surface area contributed by atoms with Crippen LogP contribution < -0.4 is 4.90 Å². The van der Waals surface area contributed by atoms with Gasteiger partial charge in [0.15, 0.2) is 5.78 Å². The highest BCUT2D eigenvalue weighted by atomic mass is 16.1. The highest BCUT2D eigenvalue weighted by Crippen LogP contribution is 2.15. The molecule has 0 radical (unpaired) electrons. The van der Waals surface area contributed by atoms with E-state index in [0.717, 1.165) is 11.3 Å². The highest BCUT2D eigenvalue weighted by Gasteiger charge is 2.05. The third-order valence-electron chi connectivity index (χ3n) is 2.34. The van der Waals surface area contributed by atoms with E-state index >= 15 is 0 Å². The first kappa shape index (κ1) is 12.3. The van der Waals surface area contributed by atoms with Gasteiger partial charge in [0.2, 0.25) is 0 Å². The Labute approximate surface area is 97.3 Å². The van der Waals surface area contributed by atoms with E-state index in [9.17, 15) is 4.79 Å². The summed E-state index contributed by atoms with van der Waals surface area (Å²) in [7, 11) is 3.93. The Hall–Kier alpha value is -1.75. The third kappa shape index (κ3) is 3.43. The van der Waals surface area contributed by atoms with Gasteiger partial charge in [-0.25, -0.2) is 0 Å². The Morgan fingerprint density at radius 3 is 2.75 bits per heavy atom. The van der Waals surface area contributed by atoms with Gasteiger partial charge in [0, 0.05) is 38.2 Å². The number of hydrogen-bond acceptors (Lipinski definition) is 2. The molecule has 0 aliphatic rings. The minimum absolute atomic E-state index is 0.159. The van der Waals surface area contributed by atoms with Crippen LogP contribution in [0, 0.1) is 11.8 Å². The van der Waals surface area contributed by atoms with Gasteiger partial charge < -0.3 is 4.90 Å². The average Bonchev–Trinajstić information content (AvgIpc) is 2.29. The Balaban J connectivity index is 2.74. The lowest BCUT2D eigenvalue weighted by molar-refractivity contribution is 0.0984. The van der Waals surface area contributed by atoms with Crippen molar-refractivity contribution in [3.05, 3.63) is 29.8 Å². The average molecular weight is 215 g/mol. The number of carbonyl (C=O) groups is 1. The van der Waals surface area contributed by atoms with Crippen molar-refractivity contribution < 1.29 is 4.79 Å². The quantitative estimate of drug-likeness (QED) is 0.568. The van der Waals surface area contributed by atoms with Crippen molar-refractivity contribution in [2.75, 3.05) is 19.0 Å². The van der Waals surface area contributed by atoms with E-state index in [4.69, 9.17) is 0 Å². The minimum atomic E-state index is 0.159. The topological polar surface area (TPSA) is 20.3 Å². The maximum Gasteiger partial charge on any atom is 0.163 e. The van der Waals surface area contributed by atoms with E-state index < -0.39 is 0 Å². The Bertz CT molecular complexity index is 424. The molecule has 1 rings (SSSR count). The normalized spacial score (nSPS) is 9.19. The molecule has 0 aromatic heterocycles. The van der Waals surface area contributed by atoms with E-state index in [2.05, 4.69) is 11.8 Å². The molecule has 0 saturated heterocycles. The smallest absolute Gasteiger partial charge is 0.163 e. The van der Waals surface area contributed by atoms with Crippen LogP contribution in [0.5, 0.6) is 0 Å². The standard InChI is InChI=1S/C14H17NO/c1-4-5-6-10-14(16)12-8-7-9-13(11-12)15(2)3/h7-9,11H,6,10H2,1-3H3. The fourth-order valence-electron chi connectivity index (χ4n) is 1.40.